The van der Waals surface area contributed by atoms with Crippen molar-refractivity contribution in [1.29, 1.82) is 0 Å². The van der Waals surface area contributed by atoms with E-state index in [-0.39, 0.29) is 5.91 Å². The van der Waals surface area contributed by atoms with Crippen LogP contribution in [0.4, 0.5) is 24.5 Å². The highest BCUT2D eigenvalue weighted by Crippen LogP contribution is 2.33. The topological polar surface area (TPSA) is 48.1 Å². The van der Waals surface area contributed by atoms with Crippen LogP contribution in [-0.2, 0) is 17.5 Å². The van der Waals surface area contributed by atoms with Gasteiger partial charge in [0.15, 0.2) is 0 Å². The molecule has 2 aliphatic rings. The molecule has 2 aliphatic heterocycles. The standard InChI is InChI=1S/C33H39F3N4O2/c1-42-30-13-11-28(12-14-30)37-32(41)15-10-26-24-38(23-25-6-3-2-4-7-25)17-16-31(26)40-20-18-39(19-21-40)29-9-5-8-27(22-29)33(34,35)36/h2-9,11-14,22,26,31H,10,15-21,23-24H2,1H3,(H,37,41)/t26-,31+/m0/s1. The number of carbonyl (C=O) groups is 1. The van der Waals surface area contributed by atoms with E-state index >= 15 is 0 Å². The number of piperidine rings is 1. The molecule has 0 saturated carbocycles. The van der Waals surface area contributed by atoms with Gasteiger partial charge in [0.05, 0.1) is 12.7 Å². The number of likely N-dealkylation sites (tertiary alicyclic amines) is 1. The Labute approximate surface area is 246 Å². The van der Waals surface area contributed by atoms with Gasteiger partial charge in [-0.25, -0.2) is 0 Å². The lowest BCUT2D eigenvalue weighted by atomic mass is 9.86. The van der Waals surface area contributed by atoms with Gasteiger partial charge in [0.25, 0.3) is 0 Å². The Bertz CT molecular complexity index is 1290. The number of nitrogens with zero attached hydrogens (tertiary/aromatic N) is 3. The fourth-order valence-electron chi connectivity index (χ4n) is 6.25. The minimum absolute atomic E-state index is 0.00605. The molecule has 2 heterocycles. The van der Waals surface area contributed by atoms with Crippen LogP contribution in [0.3, 0.4) is 0 Å². The number of ether oxygens (including phenoxy) is 1. The number of amides is 1. The number of rotatable bonds is 9. The van der Waals surface area contributed by atoms with Crippen molar-refractivity contribution in [1.82, 2.24) is 9.80 Å². The summed E-state index contributed by atoms with van der Waals surface area (Å²) < 4.78 is 45.0. The van der Waals surface area contributed by atoms with E-state index in [1.165, 1.54) is 17.7 Å². The Morgan fingerprint density at radius 1 is 0.929 bits per heavy atom. The molecule has 9 heteroatoms. The molecule has 3 aromatic rings. The second-order valence-electron chi connectivity index (χ2n) is 11.2. The first-order valence-electron chi connectivity index (χ1n) is 14.6. The summed E-state index contributed by atoms with van der Waals surface area (Å²) in [5.41, 5.74) is 2.04. The number of anilines is 2. The maximum absolute atomic E-state index is 13.3. The Morgan fingerprint density at radius 3 is 2.36 bits per heavy atom. The SMILES string of the molecule is COc1ccc(NC(=O)CC[C@H]2CN(Cc3ccccc3)CC[C@H]2N2CCN(c3cccc(C(F)(F)F)c3)CC2)cc1. The van der Waals surface area contributed by atoms with Gasteiger partial charge in [0.1, 0.15) is 5.75 Å². The molecule has 1 N–H and O–H groups in total. The average Bonchev–Trinajstić information content (AvgIpc) is 3.01. The quantitative estimate of drug-likeness (QED) is 0.329. The zero-order valence-electron chi connectivity index (χ0n) is 24.0. The summed E-state index contributed by atoms with van der Waals surface area (Å²) in [6.45, 7) is 5.69. The fraction of sp³-hybridized carbons (Fsp3) is 0.424. The van der Waals surface area contributed by atoms with E-state index in [4.69, 9.17) is 4.74 Å². The molecule has 5 rings (SSSR count). The summed E-state index contributed by atoms with van der Waals surface area (Å²) in [5.74, 6) is 1.04. The van der Waals surface area contributed by atoms with Gasteiger partial charge in [0, 0.05) is 63.1 Å². The molecule has 2 saturated heterocycles. The van der Waals surface area contributed by atoms with Crippen LogP contribution >= 0.6 is 0 Å². The summed E-state index contributed by atoms with van der Waals surface area (Å²) in [5, 5.41) is 3.01. The van der Waals surface area contributed by atoms with E-state index in [2.05, 4.69) is 39.4 Å². The molecule has 224 valence electrons. The van der Waals surface area contributed by atoms with Crippen LogP contribution < -0.4 is 15.0 Å². The number of methoxy groups -OCH3 is 1. The molecule has 42 heavy (non-hydrogen) atoms. The van der Waals surface area contributed by atoms with Crippen LogP contribution in [0.2, 0.25) is 0 Å². The molecule has 6 nitrogen and oxygen atoms in total. The molecule has 0 spiro atoms. The van der Waals surface area contributed by atoms with E-state index < -0.39 is 11.7 Å². The van der Waals surface area contributed by atoms with Crippen LogP contribution in [0.5, 0.6) is 5.75 Å². The summed E-state index contributed by atoms with van der Waals surface area (Å²) in [6, 6.07) is 23.7. The number of alkyl halides is 3. The molecular formula is C33H39F3N4O2. The second kappa shape index (κ2) is 13.6. The molecule has 0 unspecified atom stereocenters. The van der Waals surface area contributed by atoms with Crippen molar-refractivity contribution >= 4 is 17.3 Å². The average molecular weight is 581 g/mol. The highest BCUT2D eigenvalue weighted by Gasteiger charge is 2.35. The summed E-state index contributed by atoms with van der Waals surface area (Å²) >= 11 is 0. The number of nitrogens with one attached hydrogen (secondary N) is 1. The van der Waals surface area contributed by atoms with Crippen molar-refractivity contribution in [2.75, 3.05) is 56.6 Å². The number of carbonyl (C=O) groups excluding carboxylic acids is 1. The van der Waals surface area contributed by atoms with Crippen LogP contribution in [0.1, 0.15) is 30.4 Å². The zero-order valence-corrected chi connectivity index (χ0v) is 24.0. The molecule has 0 aliphatic carbocycles. The smallest absolute Gasteiger partial charge is 0.416 e. The Kier molecular flexibility index (Phi) is 9.69. The molecule has 0 bridgehead atoms. The van der Waals surface area contributed by atoms with Gasteiger partial charge >= 0.3 is 6.18 Å². The van der Waals surface area contributed by atoms with Crippen molar-refractivity contribution in [3.8, 4) is 5.75 Å². The minimum Gasteiger partial charge on any atom is -0.497 e. The predicted octanol–water partition coefficient (Wildman–Crippen LogP) is 6.15. The third-order valence-corrected chi connectivity index (χ3v) is 8.46. The van der Waals surface area contributed by atoms with Crippen LogP contribution in [-0.4, -0.2) is 68.1 Å². The van der Waals surface area contributed by atoms with Crippen molar-refractivity contribution in [2.45, 2.75) is 38.0 Å². The van der Waals surface area contributed by atoms with Gasteiger partial charge < -0.3 is 15.0 Å². The largest absolute Gasteiger partial charge is 0.497 e. The lowest BCUT2D eigenvalue weighted by Gasteiger charge is -2.47. The van der Waals surface area contributed by atoms with E-state index in [1.54, 1.807) is 13.2 Å². The molecular weight excluding hydrogens is 541 g/mol. The van der Waals surface area contributed by atoms with E-state index in [0.717, 1.165) is 63.1 Å². The Morgan fingerprint density at radius 2 is 1.67 bits per heavy atom. The van der Waals surface area contributed by atoms with Crippen molar-refractivity contribution in [3.63, 3.8) is 0 Å². The zero-order chi connectivity index (χ0) is 29.5. The molecule has 1 amide bonds. The predicted molar refractivity (Wildman–Crippen MR) is 160 cm³/mol. The van der Waals surface area contributed by atoms with E-state index in [0.29, 0.717) is 37.2 Å². The molecule has 0 aromatic heterocycles. The lowest BCUT2D eigenvalue weighted by Crippen LogP contribution is -2.56. The highest BCUT2D eigenvalue weighted by atomic mass is 19.4. The second-order valence-corrected chi connectivity index (χ2v) is 11.2. The normalized spacial score (nSPS) is 20.3. The Balaban J connectivity index is 1.22. The van der Waals surface area contributed by atoms with E-state index in [9.17, 15) is 18.0 Å². The van der Waals surface area contributed by atoms with Gasteiger partial charge in [-0.05, 0) is 73.3 Å². The number of halogens is 3. The third kappa shape index (κ3) is 7.83. The minimum atomic E-state index is -4.35. The molecule has 3 aromatic carbocycles. The molecule has 2 fully saturated rings. The lowest BCUT2D eigenvalue weighted by molar-refractivity contribution is -0.137. The molecule has 0 radical (unpaired) electrons. The molecule has 2 atom stereocenters. The summed E-state index contributed by atoms with van der Waals surface area (Å²) in [7, 11) is 1.61. The summed E-state index contributed by atoms with van der Waals surface area (Å²) in [4.78, 5) is 19.9. The van der Waals surface area contributed by atoms with Crippen LogP contribution in [0.25, 0.3) is 0 Å². The number of hydrogen-bond acceptors (Lipinski definition) is 5. The van der Waals surface area contributed by atoms with Crippen molar-refractivity contribution < 1.29 is 22.7 Å². The maximum Gasteiger partial charge on any atom is 0.416 e. The van der Waals surface area contributed by atoms with Crippen LogP contribution in [0, 0.1) is 5.92 Å². The van der Waals surface area contributed by atoms with Gasteiger partial charge in [-0.15, -0.1) is 0 Å². The number of hydrogen-bond donors (Lipinski definition) is 1. The maximum atomic E-state index is 13.3. The Hall–Kier alpha value is -3.56. The first kappa shape index (κ1) is 29.9. The van der Waals surface area contributed by atoms with Gasteiger partial charge in [-0.3, -0.25) is 14.6 Å². The van der Waals surface area contributed by atoms with Gasteiger partial charge in [-0.1, -0.05) is 36.4 Å². The summed E-state index contributed by atoms with van der Waals surface area (Å²) in [6.07, 6.45) is -2.15. The first-order chi connectivity index (χ1) is 20.3. The van der Waals surface area contributed by atoms with Gasteiger partial charge in [-0.2, -0.15) is 13.2 Å². The van der Waals surface area contributed by atoms with Crippen molar-refractivity contribution in [2.24, 2.45) is 5.92 Å². The highest BCUT2D eigenvalue weighted by molar-refractivity contribution is 5.90. The monoisotopic (exact) mass is 580 g/mol. The fourth-order valence-corrected chi connectivity index (χ4v) is 6.25. The third-order valence-electron chi connectivity index (χ3n) is 8.46. The number of piperazine rings is 1. The van der Waals surface area contributed by atoms with Crippen LogP contribution in [0.15, 0.2) is 78.9 Å². The van der Waals surface area contributed by atoms with Gasteiger partial charge in [0.2, 0.25) is 5.91 Å². The number of benzene rings is 3. The first-order valence-corrected chi connectivity index (χ1v) is 14.6. The van der Waals surface area contributed by atoms with Crippen molar-refractivity contribution in [3.05, 3.63) is 90.0 Å². The van der Waals surface area contributed by atoms with E-state index in [1.807, 2.05) is 35.2 Å².